The fourth-order valence-electron chi connectivity index (χ4n) is 2.55. The van der Waals surface area contributed by atoms with Gasteiger partial charge in [0, 0.05) is 11.3 Å². The van der Waals surface area contributed by atoms with E-state index in [1.54, 1.807) is 11.8 Å². The summed E-state index contributed by atoms with van der Waals surface area (Å²) >= 11 is 1.72. The first-order valence-corrected chi connectivity index (χ1v) is 9.40. The highest BCUT2D eigenvalue weighted by molar-refractivity contribution is 7.98. The van der Waals surface area contributed by atoms with Gasteiger partial charge in [-0.25, -0.2) is 0 Å². The number of aryl methyl sites for hydroxylation is 2. The van der Waals surface area contributed by atoms with Crippen molar-refractivity contribution < 1.29 is 4.74 Å². The zero-order chi connectivity index (χ0) is 17.6. The topological polar surface area (TPSA) is 35.0 Å². The molecule has 0 aliphatic carbocycles. The zero-order valence-corrected chi connectivity index (χ0v) is 15.6. The lowest BCUT2D eigenvalue weighted by Crippen LogP contribution is -1.93. The van der Waals surface area contributed by atoms with Crippen LogP contribution >= 0.6 is 11.8 Å². The van der Waals surface area contributed by atoms with Gasteiger partial charge in [0.1, 0.15) is 10.8 Å². The molecule has 0 atom stereocenters. The molecule has 1 heterocycles. The van der Waals surface area contributed by atoms with Crippen LogP contribution < -0.4 is 4.74 Å². The van der Waals surface area contributed by atoms with E-state index in [0.29, 0.717) is 6.61 Å². The lowest BCUT2D eigenvalue weighted by Gasteiger charge is -2.07. The molecule has 3 nitrogen and oxygen atoms in total. The van der Waals surface area contributed by atoms with Crippen LogP contribution in [0.5, 0.6) is 5.75 Å². The smallest absolute Gasteiger partial charge is 0.119 e. The van der Waals surface area contributed by atoms with Gasteiger partial charge < -0.3 is 4.74 Å². The second-order valence-electron chi connectivity index (χ2n) is 5.93. The molecule has 2 aromatic carbocycles. The van der Waals surface area contributed by atoms with Crippen molar-refractivity contribution in [2.24, 2.45) is 0 Å². The predicted octanol–water partition coefficient (Wildman–Crippen LogP) is 5.45. The molecule has 0 aliphatic heterocycles. The summed E-state index contributed by atoms with van der Waals surface area (Å²) in [5.41, 5.74) is 5.87. The Balaban J connectivity index is 1.66. The normalized spacial score (nSPS) is 10.7. The first kappa shape index (κ1) is 17.5. The first-order valence-electron chi connectivity index (χ1n) is 8.41. The Labute approximate surface area is 153 Å². The van der Waals surface area contributed by atoms with Gasteiger partial charge in [0.05, 0.1) is 12.3 Å². The highest BCUT2D eigenvalue weighted by Gasteiger charge is 2.05. The molecule has 0 spiro atoms. The number of nitrogens with zero attached hydrogens (tertiary/aromatic N) is 2. The number of ether oxygens (including phenoxy) is 1. The van der Waals surface area contributed by atoms with Crippen LogP contribution in [0.2, 0.25) is 0 Å². The van der Waals surface area contributed by atoms with Crippen LogP contribution in [-0.2, 0) is 5.75 Å². The van der Waals surface area contributed by atoms with Gasteiger partial charge in [-0.1, -0.05) is 35.5 Å². The predicted molar refractivity (Wildman–Crippen MR) is 104 cm³/mol. The Morgan fingerprint density at radius 1 is 0.920 bits per heavy atom. The Morgan fingerprint density at radius 3 is 2.40 bits per heavy atom. The van der Waals surface area contributed by atoms with E-state index >= 15 is 0 Å². The molecule has 0 radical (unpaired) electrons. The first-order chi connectivity index (χ1) is 12.2. The van der Waals surface area contributed by atoms with Crippen molar-refractivity contribution in [2.75, 3.05) is 6.61 Å². The van der Waals surface area contributed by atoms with E-state index in [1.165, 1.54) is 16.7 Å². The third kappa shape index (κ3) is 4.60. The van der Waals surface area contributed by atoms with E-state index in [4.69, 9.17) is 4.74 Å². The molecule has 0 fully saturated rings. The van der Waals surface area contributed by atoms with Crippen LogP contribution in [0.1, 0.15) is 23.6 Å². The summed E-state index contributed by atoms with van der Waals surface area (Å²) in [6, 6.07) is 18.6. The lowest BCUT2D eigenvalue weighted by atomic mass is 10.1. The maximum absolute atomic E-state index is 5.47. The summed E-state index contributed by atoms with van der Waals surface area (Å²) in [7, 11) is 0. The molecule has 128 valence electrons. The Hall–Kier alpha value is -2.33. The summed E-state index contributed by atoms with van der Waals surface area (Å²) in [4.78, 5) is 0. The summed E-state index contributed by atoms with van der Waals surface area (Å²) < 4.78 is 5.47. The van der Waals surface area contributed by atoms with Crippen molar-refractivity contribution in [2.45, 2.75) is 31.6 Å². The Bertz CT molecular complexity index is 830. The average molecular weight is 350 g/mol. The lowest BCUT2D eigenvalue weighted by molar-refractivity contribution is 0.340. The standard InChI is InChI=1S/C21H22N2OS/c1-4-24-19-9-7-17(8-10-19)20-11-12-21(23-22-20)25-14-18-13-15(2)5-6-16(18)3/h5-13H,4,14H2,1-3H3. The summed E-state index contributed by atoms with van der Waals surface area (Å²) in [6.07, 6.45) is 0. The number of benzene rings is 2. The highest BCUT2D eigenvalue weighted by Crippen LogP contribution is 2.25. The van der Waals surface area contributed by atoms with Crippen LogP contribution in [-0.4, -0.2) is 16.8 Å². The molecule has 0 saturated heterocycles. The van der Waals surface area contributed by atoms with Crippen LogP contribution in [0.15, 0.2) is 59.6 Å². The third-order valence-corrected chi connectivity index (χ3v) is 4.95. The van der Waals surface area contributed by atoms with Gasteiger partial charge in [0.25, 0.3) is 0 Å². The number of hydrogen-bond donors (Lipinski definition) is 0. The molecule has 0 N–H and O–H groups in total. The molecule has 0 amide bonds. The number of hydrogen-bond acceptors (Lipinski definition) is 4. The SMILES string of the molecule is CCOc1ccc(-c2ccc(SCc3cc(C)ccc3C)nn2)cc1. The molecule has 1 aromatic heterocycles. The van der Waals surface area contributed by atoms with Crippen molar-refractivity contribution in [3.8, 4) is 17.0 Å². The van der Waals surface area contributed by atoms with Crippen molar-refractivity contribution in [3.05, 3.63) is 71.3 Å². The second-order valence-corrected chi connectivity index (χ2v) is 6.93. The zero-order valence-electron chi connectivity index (χ0n) is 14.8. The van der Waals surface area contributed by atoms with Crippen molar-refractivity contribution >= 4 is 11.8 Å². The van der Waals surface area contributed by atoms with Crippen LogP contribution in [0.25, 0.3) is 11.3 Å². The fraction of sp³-hybridized carbons (Fsp3) is 0.238. The largest absolute Gasteiger partial charge is 0.494 e. The maximum atomic E-state index is 5.47. The Kier molecular flexibility index (Phi) is 5.71. The van der Waals surface area contributed by atoms with Crippen LogP contribution in [0.4, 0.5) is 0 Å². The molecule has 3 rings (SSSR count). The average Bonchev–Trinajstić information content (AvgIpc) is 2.64. The van der Waals surface area contributed by atoms with E-state index in [2.05, 4.69) is 42.2 Å². The van der Waals surface area contributed by atoms with Crippen molar-refractivity contribution in [1.82, 2.24) is 10.2 Å². The Morgan fingerprint density at radius 2 is 1.72 bits per heavy atom. The third-order valence-electron chi connectivity index (χ3n) is 3.98. The maximum Gasteiger partial charge on any atom is 0.119 e. The van der Waals surface area contributed by atoms with Gasteiger partial charge in [-0.15, -0.1) is 10.2 Å². The molecular formula is C21H22N2OS. The molecule has 3 aromatic rings. The van der Waals surface area contributed by atoms with Crippen LogP contribution in [0.3, 0.4) is 0 Å². The summed E-state index contributed by atoms with van der Waals surface area (Å²) in [5.74, 6) is 1.78. The number of aromatic nitrogens is 2. The fourth-order valence-corrected chi connectivity index (χ4v) is 3.42. The van der Waals surface area contributed by atoms with E-state index in [1.807, 2.05) is 43.3 Å². The highest BCUT2D eigenvalue weighted by atomic mass is 32.2. The molecule has 0 unspecified atom stereocenters. The van der Waals surface area contributed by atoms with Crippen LogP contribution in [0, 0.1) is 13.8 Å². The quantitative estimate of drug-likeness (QED) is 0.554. The van der Waals surface area contributed by atoms with Crippen molar-refractivity contribution in [1.29, 1.82) is 0 Å². The van der Waals surface area contributed by atoms with Gasteiger partial charge >= 0.3 is 0 Å². The van der Waals surface area contributed by atoms with E-state index in [-0.39, 0.29) is 0 Å². The minimum Gasteiger partial charge on any atom is -0.494 e. The number of thioether (sulfide) groups is 1. The van der Waals surface area contributed by atoms with Gasteiger partial charge in [-0.3, -0.25) is 0 Å². The van der Waals surface area contributed by atoms with Gasteiger partial charge in [-0.2, -0.15) is 0 Å². The van der Waals surface area contributed by atoms with E-state index in [0.717, 1.165) is 27.8 Å². The monoisotopic (exact) mass is 350 g/mol. The molecule has 0 saturated carbocycles. The van der Waals surface area contributed by atoms with Gasteiger partial charge in [-0.05, 0) is 68.3 Å². The second kappa shape index (κ2) is 8.17. The summed E-state index contributed by atoms with van der Waals surface area (Å²) in [6.45, 7) is 6.93. The minimum absolute atomic E-state index is 0.672. The number of rotatable bonds is 6. The van der Waals surface area contributed by atoms with Crippen molar-refractivity contribution in [3.63, 3.8) is 0 Å². The molecule has 25 heavy (non-hydrogen) atoms. The molecule has 0 bridgehead atoms. The van der Waals surface area contributed by atoms with E-state index < -0.39 is 0 Å². The van der Waals surface area contributed by atoms with Gasteiger partial charge in [0.15, 0.2) is 0 Å². The van der Waals surface area contributed by atoms with Gasteiger partial charge in [0.2, 0.25) is 0 Å². The summed E-state index contributed by atoms with van der Waals surface area (Å²) in [5, 5.41) is 9.67. The van der Waals surface area contributed by atoms with E-state index in [9.17, 15) is 0 Å². The molecule has 0 aliphatic rings. The molecule has 4 heteroatoms. The molecular weight excluding hydrogens is 328 g/mol. The minimum atomic E-state index is 0.672.